The van der Waals surface area contributed by atoms with Crippen LogP contribution in [0, 0.1) is 0 Å². The lowest BCUT2D eigenvalue weighted by Crippen LogP contribution is -2.41. The Bertz CT molecular complexity index is 347. The molecule has 1 unspecified atom stereocenters. The molecule has 0 saturated carbocycles. The molecule has 1 amide bonds. The number of nitrogens with two attached hydrogens (primary N) is 1. The second-order valence-electron chi connectivity index (χ2n) is 4.22. The van der Waals surface area contributed by atoms with E-state index in [0.29, 0.717) is 19.8 Å². The van der Waals surface area contributed by atoms with Gasteiger partial charge in [0.05, 0.1) is 19.3 Å². The van der Waals surface area contributed by atoms with Crippen molar-refractivity contribution in [3.8, 4) is 0 Å². The summed E-state index contributed by atoms with van der Waals surface area (Å²) in [6.45, 7) is 3.58. The number of nitrogens with one attached hydrogen (secondary N) is 1. The van der Waals surface area contributed by atoms with Crippen LogP contribution in [0.15, 0.2) is 30.3 Å². The summed E-state index contributed by atoms with van der Waals surface area (Å²) >= 11 is 0. The predicted molar refractivity (Wildman–Crippen MR) is 79.2 cm³/mol. The Hall–Kier alpha value is -1.10. The van der Waals surface area contributed by atoms with Crippen molar-refractivity contribution in [2.24, 2.45) is 5.73 Å². The normalized spacial score (nSPS) is 11.5. The summed E-state index contributed by atoms with van der Waals surface area (Å²) in [6.07, 6.45) is 1.63. The fourth-order valence-electron chi connectivity index (χ4n) is 1.58. The van der Waals surface area contributed by atoms with Crippen LogP contribution in [0.25, 0.3) is 0 Å². The molecule has 108 valence electrons. The Labute approximate surface area is 121 Å². The van der Waals surface area contributed by atoms with Gasteiger partial charge in [0.25, 0.3) is 0 Å². The van der Waals surface area contributed by atoms with Gasteiger partial charge in [-0.05, 0) is 12.0 Å². The van der Waals surface area contributed by atoms with Crippen molar-refractivity contribution in [3.05, 3.63) is 35.9 Å². The van der Waals surface area contributed by atoms with Crippen molar-refractivity contribution in [2.45, 2.75) is 32.4 Å². The molecular formula is C14H23ClN2O2. The number of halogens is 1. The summed E-state index contributed by atoms with van der Waals surface area (Å²) in [7, 11) is 0. The quantitative estimate of drug-likeness (QED) is 0.717. The number of hydrogen-bond donors (Lipinski definition) is 2. The zero-order chi connectivity index (χ0) is 13.2. The van der Waals surface area contributed by atoms with E-state index in [2.05, 4.69) is 5.32 Å². The first-order valence-electron chi connectivity index (χ1n) is 6.39. The SMILES string of the molecule is CCCC(N)C(=O)NCCOCc1ccccc1.Cl. The van der Waals surface area contributed by atoms with E-state index in [9.17, 15) is 4.79 Å². The predicted octanol–water partition coefficient (Wildman–Crippen LogP) is 1.87. The molecule has 0 saturated heterocycles. The first-order valence-corrected chi connectivity index (χ1v) is 6.39. The molecular weight excluding hydrogens is 264 g/mol. The Morgan fingerprint density at radius 1 is 1.37 bits per heavy atom. The zero-order valence-electron chi connectivity index (χ0n) is 11.3. The second kappa shape index (κ2) is 10.8. The van der Waals surface area contributed by atoms with E-state index >= 15 is 0 Å². The van der Waals surface area contributed by atoms with Crippen molar-refractivity contribution in [3.63, 3.8) is 0 Å². The summed E-state index contributed by atoms with van der Waals surface area (Å²) < 4.78 is 5.45. The lowest BCUT2D eigenvalue weighted by atomic mass is 10.2. The summed E-state index contributed by atoms with van der Waals surface area (Å²) in [5, 5.41) is 2.76. The Kier molecular flexibility index (Phi) is 10.2. The number of carbonyl (C=O) groups is 1. The first kappa shape index (κ1) is 17.9. The van der Waals surface area contributed by atoms with Crippen LogP contribution in [0.3, 0.4) is 0 Å². The molecule has 0 aliphatic carbocycles. The molecule has 1 aromatic carbocycles. The highest BCUT2D eigenvalue weighted by atomic mass is 35.5. The monoisotopic (exact) mass is 286 g/mol. The lowest BCUT2D eigenvalue weighted by molar-refractivity contribution is -0.122. The highest BCUT2D eigenvalue weighted by Gasteiger charge is 2.10. The maximum atomic E-state index is 11.5. The van der Waals surface area contributed by atoms with Gasteiger partial charge in [0, 0.05) is 6.54 Å². The van der Waals surface area contributed by atoms with Crippen LogP contribution >= 0.6 is 12.4 Å². The van der Waals surface area contributed by atoms with E-state index in [0.717, 1.165) is 18.4 Å². The molecule has 1 aromatic rings. The summed E-state index contributed by atoms with van der Waals surface area (Å²) in [5.74, 6) is -0.0971. The molecule has 0 aliphatic heterocycles. The van der Waals surface area contributed by atoms with Crippen LogP contribution in [-0.4, -0.2) is 25.1 Å². The number of carbonyl (C=O) groups excluding carboxylic acids is 1. The third-order valence-electron chi connectivity index (χ3n) is 2.59. The van der Waals surface area contributed by atoms with Gasteiger partial charge < -0.3 is 15.8 Å². The minimum absolute atomic E-state index is 0. The lowest BCUT2D eigenvalue weighted by Gasteiger charge is -2.11. The fourth-order valence-corrected chi connectivity index (χ4v) is 1.58. The van der Waals surface area contributed by atoms with Gasteiger partial charge in [-0.3, -0.25) is 4.79 Å². The van der Waals surface area contributed by atoms with Gasteiger partial charge in [0.1, 0.15) is 0 Å². The van der Waals surface area contributed by atoms with Crippen molar-refractivity contribution in [1.29, 1.82) is 0 Å². The van der Waals surface area contributed by atoms with Crippen molar-refractivity contribution >= 4 is 18.3 Å². The zero-order valence-corrected chi connectivity index (χ0v) is 12.1. The van der Waals surface area contributed by atoms with Gasteiger partial charge in [0.15, 0.2) is 0 Å². The molecule has 1 rings (SSSR count). The first-order chi connectivity index (χ1) is 8.74. The van der Waals surface area contributed by atoms with Crippen LogP contribution in [0.4, 0.5) is 0 Å². The molecule has 0 bridgehead atoms. The van der Waals surface area contributed by atoms with E-state index in [1.165, 1.54) is 0 Å². The highest BCUT2D eigenvalue weighted by Crippen LogP contribution is 1.99. The number of rotatable bonds is 8. The summed E-state index contributed by atoms with van der Waals surface area (Å²) in [5.41, 5.74) is 6.81. The molecule has 0 aromatic heterocycles. The summed E-state index contributed by atoms with van der Waals surface area (Å²) in [6, 6.07) is 9.54. The fraction of sp³-hybridized carbons (Fsp3) is 0.500. The smallest absolute Gasteiger partial charge is 0.236 e. The van der Waals surface area contributed by atoms with Gasteiger partial charge in [-0.2, -0.15) is 0 Å². The van der Waals surface area contributed by atoms with Gasteiger partial charge in [0.2, 0.25) is 5.91 Å². The third kappa shape index (κ3) is 7.82. The maximum Gasteiger partial charge on any atom is 0.236 e. The van der Waals surface area contributed by atoms with Gasteiger partial charge in [-0.15, -0.1) is 12.4 Å². The van der Waals surface area contributed by atoms with Gasteiger partial charge in [-0.1, -0.05) is 43.7 Å². The van der Waals surface area contributed by atoms with E-state index in [-0.39, 0.29) is 18.3 Å². The number of hydrogen-bond acceptors (Lipinski definition) is 3. The number of benzene rings is 1. The van der Waals surface area contributed by atoms with E-state index in [1.807, 2.05) is 37.3 Å². The molecule has 0 radical (unpaired) electrons. The Balaban J connectivity index is 0.00000324. The Morgan fingerprint density at radius 3 is 2.68 bits per heavy atom. The largest absolute Gasteiger partial charge is 0.375 e. The molecule has 0 heterocycles. The van der Waals surface area contributed by atoms with Crippen LogP contribution in [-0.2, 0) is 16.1 Å². The topological polar surface area (TPSA) is 64.4 Å². The molecule has 3 N–H and O–H groups in total. The Morgan fingerprint density at radius 2 is 2.05 bits per heavy atom. The van der Waals surface area contributed by atoms with Crippen LogP contribution < -0.4 is 11.1 Å². The van der Waals surface area contributed by atoms with Crippen LogP contribution in [0.2, 0.25) is 0 Å². The molecule has 19 heavy (non-hydrogen) atoms. The average molecular weight is 287 g/mol. The molecule has 5 heteroatoms. The van der Waals surface area contributed by atoms with Crippen LogP contribution in [0.1, 0.15) is 25.3 Å². The number of amides is 1. The molecule has 4 nitrogen and oxygen atoms in total. The van der Waals surface area contributed by atoms with Gasteiger partial charge >= 0.3 is 0 Å². The standard InChI is InChI=1S/C14H22N2O2.ClH/c1-2-6-13(15)14(17)16-9-10-18-11-12-7-4-3-5-8-12;/h3-5,7-8,13H,2,6,9-11,15H2,1H3,(H,16,17);1H. The third-order valence-corrected chi connectivity index (χ3v) is 2.59. The second-order valence-corrected chi connectivity index (χ2v) is 4.22. The van der Waals surface area contributed by atoms with E-state index < -0.39 is 6.04 Å². The highest BCUT2D eigenvalue weighted by molar-refractivity contribution is 5.85. The minimum atomic E-state index is -0.399. The molecule has 0 aliphatic rings. The number of ether oxygens (including phenoxy) is 1. The van der Waals surface area contributed by atoms with Crippen molar-refractivity contribution in [2.75, 3.05) is 13.2 Å². The van der Waals surface area contributed by atoms with Crippen molar-refractivity contribution in [1.82, 2.24) is 5.32 Å². The molecule has 0 spiro atoms. The van der Waals surface area contributed by atoms with Crippen LogP contribution in [0.5, 0.6) is 0 Å². The molecule has 1 atom stereocenters. The van der Waals surface area contributed by atoms with Gasteiger partial charge in [-0.25, -0.2) is 0 Å². The average Bonchev–Trinajstić information content (AvgIpc) is 2.39. The summed E-state index contributed by atoms with van der Waals surface area (Å²) in [4.78, 5) is 11.5. The molecule has 0 fully saturated rings. The van der Waals surface area contributed by atoms with Crippen molar-refractivity contribution < 1.29 is 9.53 Å². The minimum Gasteiger partial charge on any atom is -0.375 e. The van der Waals surface area contributed by atoms with E-state index in [4.69, 9.17) is 10.5 Å². The maximum absolute atomic E-state index is 11.5. The van der Waals surface area contributed by atoms with E-state index in [1.54, 1.807) is 0 Å².